The maximum atomic E-state index is 13.3. The molecule has 11 nitrogen and oxygen atoms in total. The van der Waals surface area contributed by atoms with E-state index in [-0.39, 0.29) is 29.5 Å². The van der Waals surface area contributed by atoms with Crippen molar-refractivity contribution in [2.75, 3.05) is 32.1 Å². The van der Waals surface area contributed by atoms with Crippen molar-refractivity contribution in [3.05, 3.63) is 27.6 Å². The average Bonchev–Trinajstić information content (AvgIpc) is 3.52. The SMILES string of the molecule is CNc1nn2c(=O)c(C(=O)NC3CC3)c(O)n(CC(C)C)c2c1C=CC(=O)N1CCOCC1C. The molecule has 2 aromatic heterocycles. The quantitative estimate of drug-likeness (QED) is 0.514. The Balaban J connectivity index is 1.84. The lowest BCUT2D eigenvalue weighted by molar-refractivity contribution is -0.133. The van der Waals surface area contributed by atoms with Gasteiger partial charge in [-0.2, -0.15) is 4.52 Å². The molecule has 4 rings (SSSR count). The molecule has 3 heterocycles. The van der Waals surface area contributed by atoms with Crippen molar-refractivity contribution in [1.29, 1.82) is 0 Å². The van der Waals surface area contributed by atoms with Crippen LogP contribution in [0.5, 0.6) is 5.88 Å². The van der Waals surface area contributed by atoms with Crippen LogP contribution in [0.4, 0.5) is 5.82 Å². The van der Waals surface area contributed by atoms with Gasteiger partial charge in [-0.15, -0.1) is 5.10 Å². The molecule has 1 saturated carbocycles. The summed E-state index contributed by atoms with van der Waals surface area (Å²) in [5.41, 5.74) is -0.268. The van der Waals surface area contributed by atoms with E-state index in [9.17, 15) is 19.5 Å². The van der Waals surface area contributed by atoms with Crippen LogP contribution >= 0.6 is 0 Å². The maximum Gasteiger partial charge on any atom is 0.291 e. The summed E-state index contributed by atoms with van der Waals surface area (Å²) < 4.78 is 8.04. The van der Waals surface area contributed by atoms with Crippen molar-refractivity contribution in [3.8, 4) is 5.88 Å². The van der Waals surface area contributed by atoms with Gasteiger partial charge in [0, 0.05) is 32.3 Å². The van der Waals surface area contributed by atoms with Gasteiger partial charge >= 0.3 is 0 Å². The summed E-state index contributed by atoms with van der Waals surface area (Å²) in [5, 5.41) is 21.2. The largest absolute Gasteiger partial charge is 0.494 e. The van der Waals surface area contributed by atoms with E-state index in [1.807, 2.05) is 20.8 Å². The monoisotopic (exact) mass is 472 g/mol. The fourth-order valence-electron chi connectivity index (χ4n) is 4.12. The molecular formula is C23H32N6O5. The first-order chi connectivity index (χ1) is 16.2. The molecule has 1 aliphatic heterocycles. The van der Waals surface area contributed by atoms with Gasteiger partial charge in [-0.3, -0.25) is 19.0 Å². The van der Waals surface area contributed by atoms with E-state index in [2.05, 4.69) is 15.7 Å². The normalized spacial score (nSPS) is 18.7. The molecule has 3 N–H and O–H groups in total. The Labute approximate surface area is 197 Å². The molecule has 1 aliphatic carbocycles. The summed E-state index contributed by atoms with van der Waals surface area (Å²) in [4.78, 5) is 40.6. The Bertz CT molecular complexity index is 1190. The van der Waals surface area contributed by atoms with Crippen LogP contribution in [-0.2, 0) is 16.1 Å². The molecule has 0 spiro atoms. The number of fused-ring (bicyclic) bond motifs is 1. The number of nitrogens with zero attached hydrogens (tertiary/aromatic N) is 4. The second kappa shape index (κ2) is 9.49. The fraction of sp³-hybridized carbons (Fsp3) is 0.565. The summed E-state index contributed by atoms with van der Waals surface area (Å²) in [6, 6.07) is -0.0209. The first-order valence-corrected chi connectivity index (χ1v) is 11.7. The Morgan fingerprint density at radius 1 is 1.32 bits per heavy atom. The van der Waals surface area contributed by atoms with Crippen LogP contribution in [-0.4, -0.2) is 74.9 Å². The van der Waals surface area contributed by atoms with Crippen molar-refractivity contribution in [2.24, 2.45) is 5.92 Å². The molecule has 1 atom stereocenters. The molecule has 2 aliphatic rings. The number of anilines is 1. The molecule has 1 saturated heterocycles. The van der Waals surface area contributed by atoms with Gasteiger partial charge in [0.1, 0.15) is 0 Å². The highest BCUT2D eigenvalue weighted by atomic mass is 16.5. The number of aromatic nitrogens is 3. The molecule has 1 unspecified atom stereocenters. The zero-order chi connectivity index (χ0) is 24.6. The fourth-order valence-corrected chi connectivity index (χ4v) is 4.12. The lowest BCUT2D eigenvalue weighted by atomic mass is 10.2. The summed E-state index contributed by atoms with van der Waals surface area (Å²) in [7, 11) is 1.66. The molecular weight excluding hydrogens is 440 g/mol. The lowest BCUT2D eigenvalue weighted by Crippen LogP contribution is -2.46. The van der Waals surface area contributed by atoms with E-state index in [0.29, 0.717) is 43.3 Å². The van der Waals surface area contributed by atoms with Gasteiger partial charge in [0.2, 0.25) is 11.8 Å². The van der Waals surface area contributed by atoms with Gasteiger partial charge in [-0.05, 0) is 31.8 Å². The van der Waals surface area contributed by atoms with Crippen LogP contribution in [0.1, 0.15) is 49.5 Å². The number of hydrogen-bond acceptors (Lipinski definition) is 7. The van der Waals surface area contributed by atoms with Crippen molar-refractivity contribution in [2.45, 2.75) is 52.2 Å². The average molecular weight is 473 g/mol. The first-order valence-electron chi connectivity index (χ1n) is 11.7. The molecule has 2 fully saturated rings. The van der Waals surface area contributed by atoms with Gasteiger partial charge in [-0.25, -0.2) is 0 Å². The van der Waals surface area contributed by atoms with E-state index in [1.165, 1.54) is 10.6 Å². The number of nitrogens with one attached hydrogen (secondary N) is 2. The van der Waals surface area contributed by atoms with Crippen LogP contribution in [0, 0.1) is 5.92 Å². The van der Waals surface area contributed by atoms with E-state index in [0.717, 1.165) is 17.4 Å². The molecule has 0 radical (unpaired) electrons. The standard InChI is InChI=1S/C23H32N6O5/c1-13(2)11-28-21-16(7-8-17(30)27-9-10-34-12-14(27)3)19(24-4)26-29(21)23(33)18(22(28)32)20(31)25-15-5-6-15/h7-8,13-15,32H,5-6,9-12H2,1-4H3,(H,24,26)(H,25,31). The van der Waals surface area contributed by atoms with Crippen LogP contribution in [0.3, 0.4) is 0 Å². The van der Waals surface area contributed by atoms with Gasteiger partial charge in [0.15, 0.2) is 17.0 Å². The Morgan fingerprint density at radius 3 is 2.68 bits per heavy atom. The maximum absolute atomic E-state index is 13.3. The number of morpholine rings is 1. The highest BCUT2D eigenvalue weighted by molar-refractivity contribution is 5.97. The second-order valence-corrected chi connectivity index (χ2v) is 9.29. The molecule has 11 heteroatoms. The second-order valence-electron chi connectivity index (χ2n) is 9.29. The predicted octanol–water partition coefficient (Wildman–Crippen LogP) is 1.05. The molecule has 2 aromatic rings. The van der Waals surface area contributed by atoms with Crippen molar-refractivity contribution >= 4 is 29.4 Å². The highest BCUT2D eigenvalue weighted by Crippen LogP contribution is 2.28. The van der Waals surface area contributed by atoms with Gasteiger partial charge in [0.05, 0.1) is 24.8 Å². The lowest BCUT2D eigenvalue weighted by Gasteiger charge is -2.32. The third-order valence-corrected chi connectivity index (χ3v) is 6.01. The highest BCUT2D eigenvalue weighted by Gasteiger charge is 2.31. The van der Waals surface area contributed by atoms with E-state index in [1.54, 1.807) is 18.0 Å². The minimum atomic E-state index is -0.713. The number of carbonyl (C=O) groups is 2. The topological polar surface area (TPSA) is 130 Å². The predicted molar refractivity (Wildman–Crippen MR) is 127 cm³/mol. The molecule has 0 aromatic carbocycles. The number of amides is 2. The van der Waals surface area contributed by atoms with E-state index < -0.39 is 17.3 Å². The number of aromatic hydroxyl groups is 1. The zero-order valence-electron chi connectivity index (χ0n) is 20.0. The van der Waals surface area contributed by atoms with Crippen LogP contribution in [0.25, 0.3) is 11.7 Å². The first kappa shape index (κ1) is 23.8. The van der Waals surface area contributed by atoms with Crippen LogP contribution in [0.15, 0.2) is 10.9 Å². The third-order valence-electron chi connectivity index (χ3n) is 6.01. The minimum absolute atomic E-state index is 0.0260. The molecule has 2 amide bonds. The summed E-state index contributed by atoms with van der Waals surface area (Å²) in [5.74, 6) is -0.751. The third kappa shape index (κ3) is 4.52. The number of ether oxygens (including phenoxy) is 1. The van der Waals surface area contributed by atoms with E-state index in [4.69, 9.17) is 4.74 Å². The Hall–Kier alpha value is -3.34. The Morgan fingerprint density at radius 2 is 2.06 bits per heavy atom. The van der Waals surface area contributed by atoms with Gasteiger partial charge < -0.3 is 25.4 Å². The van der Waals surface area contributed by atoms with E-state index >= 15 is 0 Å². The smallest absolute Gasteiger partial charge is 0.291 e. The summed E-state index contributed by atoms with van der Waals surface area (Å²) >= 11 is 0. The van der Waals surface area contributed by atoms with Crippen molar-refractivity contribution in [3.63, 3.8) is 0 Å². The summed E-state index contributed by atoms with van der Waals surface area (Å²) in [6.45, 7) is 7.64. The zero-order valence-corrected chi connectivity index (χ0v) is 20.0. The number of rotatable bonds is 7. The molecule has 0 bridgehead atoms. The van der Waals surface area contributed by atoms with Crippen molar-refractivity contribution in [1.82, 2.24) is 24.4 Å². The molecule has 34 heavy (non-hydrogen) atoms. The molecule has 184 valence electrons. The van der Waals surface area contributed by atoms with Crippen molar-refractivity contribution < 1.29 is 19.4 Å². The van der Waals surface area contributed by atoms with Gasteiger partial charge in [0.25, 0.3) is 11.5 Å². The van der Waals surface area contributed by atoms with Crippen LogP contribution < -0.4 is 16.2 Å². The number of carbonyl (C=O) groups excluding carboxylic acids is 2. The van der Waals surface area contributed by atoms with Gasteiger partial charge in [-0.1, -0.05) is 13.8 Å². The minimum Gasteiger partial charge on any atom is -0.494 e. The Kier molecular flexibility index (Phi) is 6.65. The number of hydrogen-bond donors (Lipinski definition) is 3. The van der Waals surface area contributed by atoms with Crippen LogP contribution in [0.2, 0.25) is 0 Å². The summed E-state index contributed by atoms with van der Waals surface area (Å²) in [6.07, 6.45) is 4.74.